The van der Waals surface area contributed by atoms with Crippen LogP contribution in [-0.2, 0) is 0 Å². The molecule has 1 nitrogen and oxygen atoms in total. The van der Waals surface area contributed by atoms with Crippen molar-refractivity contribution >= 4 is 0 Å². The van der Waals surface area contributed by atoms with Gasteiger partial charge in [0.15, 0.2) is 0 Å². The molecule has 11 heavy (non-hydrogen) atoms. The minimum Gasteiger partial charge on any atom is -0.377 e. The Bertz CT molecular complexity index is 246. The maximum atomic E-state index is 2.36. The summed E-state index contributed by atoms with van der Waals surface area (Å²) in [4.78, 5) is 2.36. The molecule has 0 N–H and O–H groups in total. The van der Waals surface area contributed by atoms with Crippen molar-refractivity contribution in [3.63, 3.8) is 0 Å². The summed E-state index contributed by atoms with van der Waals surface area (Å²) in [6.07, 6.45) is 11.1. The van der Waals surface area contributed by atoms with Crippen LogP contribution in [0.15, 0.2) is 35.6 Å². The first-order chi connectivity index (χ1) is 5.38. The Kier molecular flexibility index (Phi) is 1.57. The van der Waals surface area contributed by atoms with Gasteiger partial charge in [0.1, 0.15) is 0 Å². The lowest BCUT2D eigenvalue weighted by atomic mass is 10.1. The Morgan fingerprint density at radius 2 is 2.27 bits per heavy atom. The van der Waals surface area contributed by atoms with Gasteiger partial charge in [-0.1, -0.05) is 24.3 Å². The molecule has 1 aliphatic heterocycles. The van der Waals surface area contributed by atoms with E-state index in [0.29, 0.717) is 0 Å². The first-order valence-electron chi connectivity index (χ1n) is 4.14. The third-order valence-corrected chi connectivity index (χ3v) is 2.40. The highest BCUT2D eigenvalue weighted by molar-refractivity contribution is 5.34. The molecule has 58 valence electrons. The lowest BCUT2D eigenvalue weighted by Crippen LogP contribution is -2.12. The second-order valence-electron chi connectivity index (χ2n) is 3.13. The molecule has 2 rings (SSSR count). The van der Waals surface area contributed by atoms with Gasteiger partial charge in [0.05, 0.1) is 0 Å². The van der Waals surface area contributed by atoms with Crippen LogP contribution in [0.2, 0.25) is 0 Å². The second-order valence-corrected chi connectivity index (χ2v) is 3.13. The number of nitrogens with zero attached hydrogens (tertiary/aromatic N) is 1. The molecule has 2 aliphatic rings. The van der Waals surface area contributed by atoms with Crippen LogP contribution < -0.4 is 0 Å². The van der Waals surface area contributed by atoms with Gasteiger partial charge in [-0.15, -0.1) is 0 Å². The molecule has 1 aliphatic carbocycles. The van der Waals surface area contributed by atoms with E-state index in [-0.39, 0.29) is 0 Å². The molecular formula is C10H13N. The molecule has 0 aromatic carbocycles. The molecule has 0 saturated heterocycles. The first-order valence-corrected chi connectivity index (χ1v) is 4.14. The zero-order valence-corrected chi connectivity index (χ0v) is 6.88. The Morgan fingerprint density at radius 1 is 1.36 bits per heavy atom. The van der Waals surface area contributed by atoms with E-state index in [2.05, 4.69) is 36.3 Å². The van der Waals surface area contributed by atoms with Gasteiger partial charge in [-0.3, -0.25) is 0 Å². The minimum atomic E-state index is 1.11. The molecule has 0 radical (unpaired) electrons. The predicted octanol–water partition coefficient (Wildman–Crippen LogP) is 2.09. The number of rotatable bonds is 0. The van der Waals surface area contributed by atoms with Crippen molar-refractivity contribution in [2.75, 3.05) is 13.6 Å². The van der Waals surface area contributed by atoms with Gasteiger partial charge in [-0.05, 0) is 12.0 Å². The van der Waals surface area contributed by atoms with Gasteiger partial charge in [-0.2, -0.15) is 0 Å². The summed E-state index contributed by atoms with van der Waals surface area (Å²) in [6, 6.07) is 0. The fourth-order valence-corrected chi connectivity index (χ4v) is 1.71. The van der Waals surface area contributed by atoms with Crippen molar-refractivity contribution in [1.82, 2.24) is 4.90 Å². The zero-order chi connectivity index (χ0) is 7.68. The first kappa shape index (κ1) is 6.71. The van der Waals surface area contributed by atoms with Crippen LogP contribution in [0.25, 0.3) is 0 Å². The standard InChI is InChI=1S/C10H13N/c1-11-8-7-9-5-3-2-4-6-10(9)11/h2-5H,6-8H2,1H3. The van der Waals surface area contributed by atoms with Crippen LogP contribution in [-0.4, -0.2) is 18.5 Å². The van der Waals surface area contributed by atoms with E-state index in [4.69, 9.17) is 0 Å². The predicted molar refractivity (Wildman–Crippen MR) is 47.2 cm³/mol. The monoisotopic (exact) mass is 147 g/mol. The number of hydrogen-bond acceptors (Lipinski definition) is 1. The largest absolute Gasteiger partial charge is 0.377 e. The van der Waals surface area contributed by atoms with E-state index < -0.39 is 0 Å². The summed E-state index contributed by atoms with van der Waals surface area (Å²) in [7, 11) is 2.18. The Balaban J connectivity index is 2.32. The lowest BCUT2D eigenvalue weighted by molar-refractivity contribution is 0.451. The summed E-state index contributed by atoms with van der Waals surface area (Å²) in [5.41, 5.74) is 3.03. The molecule has 0 atom stereocenters. The van der Waals surface area contributed by atoms with Crippen LogP contribution in [0.1, 0.15) is 12.8 Å². The van der Waals surface area contributed by atoms with Gasteiger partial charge in [0.2, 0.25) is 0 Å². The number of allylic oxidation sites excluding steroid dienone is 4. The maximum absolute atomic E-state index is 2.36. The molecular weight excluding hydrogens is 134 g/mol. The third-order valence-electron chi connectivity index (χ3n) is 2.40. The summed E-state index contributed by atoms with van der Waals surface area (Å²) in [5, 5.41) is 0. The highest BCUT2D eigenvalue weighted by Crippen LogP contribution is 2.26. The fraction of sp³-hybridized carbons (Fsp3) is 0.400. The van der Waals surface area contributed by atoms with E-state index in [9.17, 15) is 0 Å². The maximum Gasteiger partial charge on any atom is 0.0213 e. The molecule has 1 heterocycles. The molecule has 0 unspecified atom stereocenters. The van der Waals surface area contributed by atoms with Crippen molar-refractivity contribution in [2.45, 2.75) is 12.8 Å². The van der Waals surface area contributed by atoms with Crippen LogP contribution >= 0.6 is 0 Å². The molecule has 0 aromatic heterocycles. The summed E-state index contributed by atoms with van der Waals surface area (Å²) in [5.74, 6) is 0. The van der Waals surface area contributed by atoms with Gasteiger partial charge in [0.25, 0.3) is 0 Å². The minimum absolute atomic E-state index is 1.11. The Hall–Kier alpha value is -0.980. The second kappa shape index (κ2) is 2.57. The van der Waals surface area contributed by atoms with E-state index in [1.165, 1.54) is 24.2 Å². The normalized spacial score (nSPS) is 22.5. The number of hydrogen-bond donors (Lipinski definition) is 0. The topological polar surface area (TPSA) is 3.24 Å². The van der Waals surface area contributed by atoms with Crippen LogP contribution in [0.4, 0.5) is 0 Å². The molecule has 0 fully saturated rings. The molecule has 0 amide bonds. The zero-order valence-electron chi connectivity index (χ0n) is 6.88. The average molecular weight is 147 g/mol. The van der Waals surface area contributed by atoms with E-state index in [0.717, 1.165) is 6.42 Å². The summed E-state index contributed by atoms with van der Waals surface area (Å²) >= 11 is 0. The lowest BCUT2D eigenvalue weighted by Gasteiger charge is -2.14. The van der Waals surface area contributed by atoms with E-state index >= 15 is 0 Å². The molecule has 0 saturated carbocycles. The smallest absolute Gasteiger partial charge is 0.0213 e. The van der Waals surface area contributed by atoms with Gasteiger partial charge >= 0.3 is 0 Å². The average Bonchev–Trinajstić information content (AvgIpc) is 2.25. The Morgan fingerprint density at radius 3 is 3.18 bits per heavy atom. The Labute approximate surface area is 67.7 Å². The van der Waals surface area contributed by atoms with Crippen molar-refractivity contribution in [3.8, 4) is 0 Å². The van der Waals surface area contributed by atoms with Crippen molar-refractivity contribution < 1.29 is 0 Å². The highest BCUT2D eigenvalue weighted by atomic mass is 15.1. The van der Waals surface area contributed by atoms with Crippen LogP contribution in [0.5, 0.6) is 0 Å². The van der Waals surface area contributed by atoms with Gasteiger partial charge in [-0.25, -0.2) is 0 Å². The third kappa shape index (κ3) is 1.11. The van der Waals surface area contributed by atoms with E-state index in [1.807, 2.05) is 0 Å². The van der Waals surface area contributed by atoms with Gasteiger partial charge < -0.3 is 4.90 Å². The molecule has 1 heteroatoms. The summed E-state index contributed by atoms with van der Waals surface area (Å²) in [6.45, 7) is 1.20. The van der Waals surface area contributed by atoms with Crippen LogP contribution in [0.3, 0.4) is 0 Å². The highest BCUT2D eigenvalue weighted by Gasteiger charge is 2.16. The quantitative estimate of drug-likeness (QED) is 0.507. The van der Waals surface area contributed by atoms with E-state index in [1.54, 1.807) is 0 Å². The fourth-order valence-electron chi connectivity index (χ4n) is 1.71. The molecule has 0 aromatic rings. The van der Waals surface area contributed by atoms with Crippen LogP contribution in [0, 0.1) is 0 Å². The van der Waals surface area contributed by atoms with Crippen molar-refractivity contribution in [1.29, 1.82) is 0 Å². The molecule has 0 spiro atoms. The molecule has 0 bridgehead atoms. The van der Waals surface area contributed by atoms with Gasteiger partial charge in [0, 0.05) is 25.7 Å². The summed E-state index contributed by atoms with van der Waals surface area (Å²) < 4.78 is 0. The van der Waals surface area contributed by atoms with Crippen molar-refractivity contribution in [3.05, 3.63) is 35.6 Å². The van der Waals surface area contributed by atoms with Crippen molar-refractivity contribution in [2.24, 2.45) is 0 Å². The SMILES string of the molecule is CN1CCC2=C1CC=CC=C2.